The van der Waals surface area contributed by atoms with Crippen molar-refractivity contribution in [3.05, 3.63) is 58.6 Å². The first-order chi connectivity index (χ1) is 9.60. The first kappa shape index (κ1) is 14.2. The molecule has 0 heterocycles. The Kier molecular flexibility index (Phi) is 4.49. The Hall–Kier alpha value is -2.18. The third-order valence-corrected chi connectivity index (χ3v) is 3.28. The number of halogens is 1. The lowest BCUT2D eigenvalue weighted by atomic mass is 10.1. The van der Waals surface area contributed by atoms with Crippen molar-refractivity contribution >= 4 is 23.0 Å². The zero-order valence-corrected chi connectivity index (χ0v) is 12.3. The van der Waals surface area contributed by atoms with Crippen molar-refractivity contribution in [2.75, 3.05) is 24.3 Å². The number of anilines is 2. The molecule has 102 valence electrons. The van der Waals surface area contributed by atoms with Crippen LogP contribution in [0.1, 0.15) is 11.1 Å². The molecular formula is C16H16ClN3. The second-order valence-electron chi connectivity index (χ2n) is 4.73. The van der Waals surface area contributed by atoms with Gasteiger partial charge in [0, 0.05) is 26.3 Å². The second-order valence-corrected chi connectivity index (χ2v) is 5.13. The van der Waals surface area contributed by atoms with Gasteiger partial charge >= 0.3 is 0 Å². The molecule has 20 heavy (non-hydrogen) atoms. The standard InChI is InChI=1S/C16H16ClN3/c1-20(2)16-7-6-14(9-15(16)17)19-11-13-5-3-4-12(8-13)10-18/h3-9,19H,11H2,1-2H3. The molecule has 0 spiro atoms. The van der Waals surface area contributed by atoms with E-state index in [1.807, 2.05) is 55.4 Å². The number of hydrogen-bond donors (Lipinski definition) is 1. The molecule has 0 unspecified atom stereocenters. The van der Waals surface area contributed by atoms with Gasteiger partial charge in [-0.2, -0.15) is 5.26 Å². The van der Waals surface area contributed by atoms with E-state index in [4.69, 9.17) is 16.9 Å². The Morgan fingerprint density at radius 1 is 1.20 bits per heavy atom. The minimum atomic E-state index is 0.660. The predicted octanol–water partition coefficient (Wildman–Crippen LogP) is 3.89. The minimum absolute atomic E-state index is 0.660. The molecule has 0 saturated carbocycles. The lowest BCUT2D eigenvalue weighted by molar-refractivity contribution is 1.12. The molecule has 1 N–H and O–H groups in total. The summed E-state index contributed by atoms with van der Waals surface area (Å²) in [4.78, 5) is 1.97. The van der Waals surface area contributed by atoms with Crippen LogP contribution >= 0.6 is 11.6 Å². The van der Waals surface area contributed by atoms with Crippen molar-refractivity contribution in [1.82, 2.24) is 0 Å². The molecule has 0 saturated heterocycles. The van der Waals surface area contributed by atoms with Crippen LogP contribution in [0.2, 0.25) is 5.02 Å². The second kappa shape index (κ2) is 6.31. The first-order valence-corrected chi connectivity index (χ1v) is 6.68. The highest BCUT2D eigenvalue weighted by Crippen LogP contribution is 2.27. The summed E-state index contributed by atoms with van der Waals surface area (Å²) in [5.41, 5.74) is 3.69. The maximum Gasteiger partial charge on any atom is 0.0991 e. The SMILES string of the molecule is CN(C)c1ccc(NCc2cccc(C#N)c2)cc1Cl. The fourth-order valence-electron chi connectivity index (χ4n) is 1.93. The summed E-state index contributed by atoms with van der Waals surface area (Å²) in [6, 6.07) is 15.6. The van der Waals surface area contributed by atoms with Gasteiger partial charge in [0.15, 0.2) is 0 Å². The highest BCUT2D eigenvalue weighted by Gasteiger charge is 2.03. The molecule has 2 aromatic carbocycles. The van der Waals surface area contributed by atoms with Gasteiger partial charge in [-0.1, -0.05) is 23.7 Å². The molecular weight excluding hydrogens is 270 g/mol. The molecule has 0 fully saturated rings. The van der Waals surface area contributed by atoms with Crippen LogP contribution in [-0.4, -0.2) is 14.1 Å². The molecule has 4 heteroatoms. The van der Waals surface area contributed by atoms with Gasteiger partial charge in [-0.25, -0.2) is 0 Å². The van der Waals surface area contributed by atoms with Crippen LogP contribution < -0.4 is 10.2 Å². The number of nitriles is 1. The monoisotopic (exact) mass is 285 g/mol. The summed E-state index contributed by atoms with van der Waals surface area (Å²) in [5.74, 6) is 0. The van der Waals surface area contributed by atoms with Crippen molar-refractivity contribution in [2.45, 2.75) is 6.54 Å². The fraction of sp³-hybridized carbons (Fsp3) is 0.188. The van der Waals surface area contributed by atoms with Gasteiger partial charge in [-0.15, -0.1) is 0 Å². The van der Waals surface area contributed by atoms with Crippen LogP contribution in [0, 0.1) is 11.3 Å². The molecule has 0 aromatic heterocycles. The van der Waals surface area contributed by atoms with E-state index in [2.05, 4.69) is 11.4 Å². The highest BCUT2D eigenvalue weighted by atomic mass is 35.5. The lowest BCUT2D eigenvalue weighted by Gasteiger charge is -2.15. The van der Waals surface area contributed by atoms with Crippen LogP contribution in [0.25, 0.3) is 0 Å². The van der Waals surface area contributed by atoms with Crippen molar-refractivity contribution in [3.8, 4) is 6.07 Å². The van der Waals surface area contributed by atoms with Crippen molar-refractivity contribution in [1.29, 1.82) is 5.26 Å². The zero-order valence-electron chi connectivity index (χ0n) is 11.5. The molecule has 0 radical (unpaired) electrons. The molecule has 0 aliphatic heterocycles. The van der Waals surface area contributed by atoms with Gasteiger partial charge in [0.25, 0.3) is 0 Å². The van der Waals surface area contributed by atoms with Gasteiger partial charge in [-0.05, 0) is 35.9 Å². The van der Waals surface area contributed by atoms with Gasteiger partial charge in [0.05, 0.1) is 22.3 Å². The average Bonchev–Trinajstić information content (AvgIpc) is 2.45. The van der Waals surface area contributed by atoms with E-state index in [9.17, 15) is 0 Å². The maximum absolute atomic E-state index is 8.87. The van der Waals surface area contributed by atoms with E-state index in [0.29, 0.717) is 17.1 Å². The molecule has 3 nitrogen and oxygen atoms in total. The van der Waals surface area contributed by atoms with Crippen LogP contribution in [0.15, 0.2) is 42.5 Å². The summed E-state index contributed by atoms with van der Waals surface area (Å²) in [5, 5.41) is 12.9. The number of nitrogens with one attached hydrogen (secondary N) is 1. The Morgan fingerprint density at radius 2 is 2.00 bits per heavy atom. The van der Waals surface area contributed by atoms with Gasteiger partial charge in [-0.3, -0.25) is 0 Å². The molecule has 2 rings (SSSR count). The van der Waals surface area contributed by atoms with Crippen LogP contribution in [0.4, 0.5) is 11.4 Å². The lowest BCUT2D eigenvalue weighted by Crippen LogP contribution is -2.09. The summed E-state index contributed by atoms with van der Waals surface area (Å²) >= 11 is 6.23. The number of rotatable bonds is 4. The van der Waals surface area contributed by atoms with Crippen LogP contribution in [0.5, 0.6) is 0 Å². The highest BCUT2D eigenvalue weighted by molar-refractivity contribution is 6.33. The van der Waals surface area contributed by atoms with E-state index in [-0.39, 0.29) is 0 Å². The predicted molar refractivity (Wildman–Crippen MR) is 84.3 cm³/mol. The number of hydrogen-bond acceptors (Lipinski definition) is 3. The molecule has 0 aliphatic rings. The summed E-state index contributed by atoms with van der Waals surface area (Å²) < 4.78 is 0. The van der Waals surface area contributed by atoms with Crippen molar-refractivity contribution < 1.29 is 0 Å². The van der Waals surface area contributed by atoms with Gasteiger partial charge < -0.3 is 10.2 Å². The molecule has 0 amide bonds. The van der Waals surface area contributed by atoms with Gasteiger partial charge in [0.1, 0.15) is 0 Å². The molecule has 2 aromatic rings. The molecule has 0 atom stereocenters. The Labute approximate surface area is 124 Å². The van der Waals surface area contributed by atoms with Gasteiger partial charge in [0.2, 0.25) is 0 Å². The van der Waals surface area contributed by atoms with E-state index in [1.54, 1.807) is 6.07 Å². The van der Waals surface area contributed by atoms with Crippen molar-refractivity contribution in [3.63, 3.8) is 0 Å². The molecule has 0 aliphatic carbocycles. The summed E-state index contributed by atoms with van der Waals surface area (Å²) in [6.45, 7) is 0.660. The normalized spacial score (nSPS) is 9.90. The van der Waals surface area contributed by atoms with Crippen LogP contribution in [-0.2, 0) is 6.54 Å². The quantitative estimate of drug-likeness (QED) is 0.926. The van der Waals surface area contributed by atoms with Crippen LogP contribution in [0.3, 0.4) is 0 Å². The van der Waals surface area contributed by atoms with E-state index in [1.165, 1.54) is 0 Å². The topological polar surface area (TPSA) is 39.1 Å². The first-order valence-electron chi connectivity index (χ1n) is 6.30. The Bertz CT molecular complexity index is 644. The smallest absolute Gasteiger partial charge is 0.0991 e. The Morgan fingerprint density at radius 3 is 2.65 bits per heavy atom. The third kappa shape index (κ3) is 3.43. The number of benzene rings is 2. The fourth-order valence-corrected chi connectivity index (χ4v) is 2.28. The minimum Gasteiger partial charge on any atom is -0.381 e. The largest absolute Gasteiger partial charge is 0.381 e. The summed E-state index contributed by atoms with van der Waals surface area (Å²) in [6.07, 6.45) is 0. The zero-order chi connectivity index (χ0) is 14.5. The van der Waals surface area contributed by atoms with E-state index >= 15 is 0 Å². The van der Waals surface area contributed by atoms with E-state index < -0.39 is 0 Å². The average molecular weight is 286 g/mol. The van der Waals surface area contributed by atoms with E-state index in [0.717, 1.165) is 16.9 Å². The number of nitrogens with zero attached hydrogens (tertiary/aromatic N) is 2. The maximum atomic E-state index is 8.87. The van der Waals surface area contributed by atoms with Crippen molar-refractivity contribution in [2.24, 2.45) is 0 Å². The molecule has 0 bridgehead atoms. The third-order valence-electron chi connectivity index (χ3n) is 2.98. The Balaban J connectivity index is 2.07. The summed E-state index contributed by atoms with van der Waals surface area (Å²) in [7, 11) is 3.92.